The molecule has 0 saturated heterocycles. The second kappa shape index (κ2) is 4.31. The minimum absolute atomic E-state index is 0.443. The van der Waals surface area contributed by atoms with Gasteiger partial charge in [-0.2, -0.15) is 0 Å². The molecule has 66 valence electrons. The first-order valence-electron chi connectivity index (χ1n) is 3.44. The Labute approximate surface area is 65.8 Å². The molecule has 0 aliphatic carbocycles. The lowest BCUT2D eigenvalue weighted by atomic mass is 10.0. The van der Waals surface area contributed by atoms with E-state index >= 15 is 0 Å². The third-order valence-electron chi connectivity index (χ3n) is 1.75. The highest BCUT2D eigenvalue weighted by molar-refractivity contribution is 5.70. The maximum absolute atomic E-state index is 10.3. The van der Waals surface area contributed by atoms with Crippen LogP contribution in [0.25, 0.3) is 0 Å². The molecule has 0 bridgehead atoms. The molecule has 0 aromatic rings. The normalized spacial score (nSPS) is 18.9. The average molecular weight is 162 g/mol. The van der Waals surface area contributed by atoms with Crippen molar-refractivity contribution in [3.05, 3.63) is 0 Å². The highest BCUT2D eigenvalue weighted by Crippen LogP contribution is 2.09. The van der Waals surface area contributed by atoms with E-state index in [4.69, 9.17) is 9.84 Å². The van der Waals surface area contributed by atoms with Crippen LogP contribution in [0.5, 0.6) is 0 Å². The molecule has 0 heterocycles. The van der Waals surface area contributed by atoms with Crippen LogP contribution < -0.4 is 0 Å². The third kappa shape index (κ3) is 2.86. The number of aliphatic hydroxyl groups excluding tert-OH is 1. The molecule has 2 N–H and O–H groups in total. The number of aliphatic carboxylic acids is 1. The smallest absolute Gasteiger partial charge is 0.308 e. The summed E-state index contributed by atoms with van der Waals surface area (Å²) in [6, 6.07) is 0. The van der Waals surface area contributed by atoms with Crippen LogP contribution in [-0.2, 0) is 9.53 Å². The number of hydrogen-bond acceptors (Lipinski definition) is 3. The second-order valence-corrected chi connectivity index (χ2v) is 2.56. The van der Waals surface area contributed by atoms with Crippen LogP contribution in [0.4, 0.5) is 0 Å². The van der Waals surface area contributed by atoms with Crippen molar-refractivity contribution in [1.29, 1.82) is 0 Å². The van der Waals surface area contributed by atoms with Crippen LogP contribution >= 0.6 is 0 Å². The molecule has 4 heteroatoms. The fourth-order valence-corrected chi connectivity index (χ4v) is 0.692. The largest absolute Gasteiger partial charge is 0.481 e. The second-order valence-electron chi connectivity index (χ2n) is 2.56. The monoisotopic (exact) mass is 162 g/mol. The van der Waals surface area contributed by atoms with Crippen molar-refractivity contribution in [3.63, 3.8) is 0 Å². The maximum Gasteiger partial charge on any atom is 0.308 e. The number of carbonyl (C=O) groups is 1. The highest BCUT2D eigenvalue weighted by Gasteiger charge is 2.26. The highest BCUT2D eigenvalue weighted by atomic mass is 16.5. The summed E-state index contributed by atoms with van der Waals surface area (Å²) in [6.45, 7) is 3.08. The lowest BCUT2D eigenvalue weighted by molar-refractivity contribution is -0.148. The molecule has 0 amide bonds. The van der Waals surface area contributed by atoms with Gasteiger partial charge in [0, 0.05) is 7.11 Å². The molecule has 0 aliphatic heterocycles. The van der Waals surface area contributed by atoms with Crippen molar-refractivity contribution < 1.29 is 19.7 Å². The SMILES string of the molecule is COC(C)C(O)C(C)C(=O)O. The van der Waals surface area contributed by atoms with Crippen molar-refractivity contribution in [2.75, 3.05) is 7.11 Å². The predicted molar refractivity (Wildman–Crippen MR) is 39.3 cm³/mol. The summed E-state index contributed by atoms with van der Waals surface area (Å²) in [7, 11) is 1.43. The van der Waals surface area contributed by atoms with Gasteiger partial charge in [0.15, 0.2) is 0 Å². The Morgan fingerprint density at radius 2 is 1.91 bits per heavy atom. The Balaban J connectivity index is 4.00. The molecule has 0 aromatic heterocycles. The van der Waals surface area contributed by atoms with Crippen LogP contribution in [0.3, 0.4) is 0 Å². The topological polar surface area (TPSA) is 66.8 Å². The molecule has 0 fully saturated rings. The lowest BCUT2D eigenvalue weighted by Crippen LogP contribution is -2.35. The van der Waals surface area contributed by atoms with Gasteiger partial charge in [0.1, 0.15) is 0 Å². The van der Waals surface area contributed by atoms with E-state index in [1.165, 1.54) is 14.0 Å². The minimum atomic E-state index is -1.01. The standard InChI is InChI=1S/C7H14O4/c1-4(7(9)10)6(8)5(2)11-3/h4-6,8H,1-3H3,(H,9,10). The third-order valence-corrected chi connectivity index (χ3v) is 1.75. The van der Waals surface area contributed by atoms with Crippen LogP contribution in [-0.4, -0.2) is 35.5 Å². The summed E-state index contributed by atoms with van der Waals surface area (Å²) < 4.78 is 4.77. The Hall–Kier alpha value is -0.610. The minimum Gasteiger partial charge on any atom is -0.481 e. The zero-order valence-corrected chi connectivity index (χ0v) is 6.94. The van der Waals surface area contributed by atoms with Gasteiger partial charge < -0.3 is 14.9 Å². The molecular weight excluding hydrogens is 148 g/mol. The Morgan fingerprint density at radius 3 is 2.18 bits per heavy atom. The van der Waals surface area contributed by atoms with E-state index in [1.807, 2.05) is 0 Å². The molecule has 11 heavy (non-hydrogen) atoms. The predicted octanol–water partition coefficient (Wildman–Crippen LogP) is 0.103. The fourth-order valence-electron chi connectivity index (χ4n) is 0.692. The number of hydrogen-bond donors (Lipinski definition) is 2. The van der Waals surface area contributed by atoms with Crippen molar-refractivity contribution in [1.82, 2.24) is 0 Å². The number of aliphatic hydroxyl groups is 1. The molecule has 0 rings (SSSR count). The average Bonchev–Trinajstić information content (AvgIpc) is 2.00. The zero-order valence-electron chi connectivity index (χ0n) is 6.94. The molecule has 0 spiro atoms. The van der Waals surface area contributed by atoms with Gasteiger partial charge in [-0.15, -0.1) is 0 Å². The summed E-state index contributed by atoms with van der Waals surface area (Å²) in [5.74, 6) is -1.80. The number of carboxylic acids is 1. The first-order valence-corrected chi connectivity index (χ1v) is 3.44. The summed E-state index contributed by atoms with van der Waals surface area (Å²) in [6.07, 6.45) is -1.39. The summed E-state index contributed by atoms with van der Waals surface area (Å²) in [5, 5.41) is 17.7. The molecule has 0 saturated carbocycles. The van der Waals surface area contributed by atoms with Crippen molar-refractivity contribution >= 4 is 5.97 Å². The van der Waals surface area contributed by atoms with E-state index in [0.717, 1.165) is 0 Å². The molecule has 3 atom stereocenters. The number of ether oxygens (including phenoxy) is 1. The Kier molecular flexibility index (Phi) is 4.07. The van der Waals surface area contributed by atoms with E-state index in [0.29, 0.717) is 0 Å². The van der Waals surface area contributed by atoms with Crippen molar-refractivity contribution in [2.24, 2.45) is 5.92 Å². The van der Waals surface area contributed by atoms with Gasteiger partial charge in [0.05, 0.1) is 18.1 Å². The van der Waals surface area contributed by atoms with Crippen LogP contribution in [0.15, 0.2) is 0 Å². The van der Waals surface area contributed by atoms with E-state index in [2.05, 4.69) is 0 Å². The summed E-state index contributed by atoms with van der Waals surface area (Å²) in [4.78, 5) is 10.3. The maximum atomic E-state index is 10.3. The number of methoxy groups -OCH3 is 1. The molecule has 3 unspecified atom stereocenters. The first-order chi connectivity index (χ1) is 5.00. The molecule has 4 nitrogen and oxygen atoms in total. The number of rotatable bonds is 4. The van der Waals surface area contributed by atoms with E-state index in [-0.39, 0.29) is 0 Å². The van der Waals surface area contributed by atoms with Crippen molar-refractivity contribution in [2.45, 2.75) is 26.1 Å². The number of carboxylic acid groups (broad SMARTS) is 1. The van der Waals surface area contributed by atoms with Gasteiger partial charge in [-0.3, -0.25) is 4.79 Å². The quantitative estimate of drug-likeness (QED) is 0.615. The van der Waals surface area contributed by atoms with E-state index < -0.39 is 24.1 Å². The molecule has 0 aromatic carbocycles. The van der Waals surface area contributed by atoms with E-state index in [9.17, 15) is 9.90 Å². The fraction of sp³-hybridized carbons (Fsp3) is 0.857. The van der Waals surface area contributed by atoms with Gasteiger partial charge in [0.25, 0.3) is 0 Å². The van der Waals surface area contributed by atoms with E-state index in [1.54, 1.807) is 6.92 Å². The lowest BCUT2D eigenvalue weighted by Gasteiger charge is -2.20. The summed E-state index contributed by atoms with van der Waals surface area (Å²) >= 11 is 0. The Bertz CT molecular complexity index is 134. The molecular formula is C7H14O4. The van der Waals surface area contributed by atoms with Crippen LogP contribution in [0.2, 0.25) is 0 Å². The van der Waals surface area contributed by atoms with Crippen LogP contribution in [0.1, 0.15) is 13.8 Å². The van der Waals surface area contributed by atoms with Gasteiger partial charge >= 0.3 is 5.97 Å². The van der Waals surface area contributed by atoms with Crippen LogP contribution in [0, 0.1) is 5.92 Å². The zero-order chi connectivity index (χ0) is 9.02. The van der Waals surface area contributed by atoms with Crippen molar-refractivity contribution in [3.8, 4) is 0 Å². The van der Waals surface area contributed by atoms with Gasteiger partial charge in [-0.1, -0.05) is 0 Å². The molecule has 0 radical (unpaired) electrons. The van der Waals surface area contributed by atoms with Gasteiger partial charge in [-0.25, -0.2) is 0 Å². The Morgan fingerprint density at radius 1 is 1.45 bits per heavy atom. The van der Waals surface area contributed by atoms with Gasteiger partial charge in [-0.05, 0) is 13.8 Å². The van der Waals surface area contributed by atoms with Gasteiger partial charge in [0.2, 0.25) is 0 Å². The molecule has 0 aliphatic rings. The first kappa shape index (κ1) is 10.4. The summed E-state index contributed by atoms with van der Waals surface area (Å²) in [5.41, 5.74) is 0.